The number of carboxylic acid groups (broad SMARTS) is 1. The highest BCUT2D eigenvalue weighted by Crippen LogP contribution is 2.15. The van der Waals surface area contributed by atoms with Crippen molar-refractivity contribution >= 4 is 11.9 Å². The van der Waals surface area contributed by atoms with Crippen LogP contribution in [0.3, 0.4) is 0 Å². The Morgan fingerprint density at radius 1 is 1.29 bits per heavy atom. The zero-order chi connectivity index (χ0) is 16.0. The summed E-state index contributed by atoms with van der Waals surface area (Å²) in [6.07, 6.45) is 0.838. The molecule has 0 aliphatic carbocycles. The predicted octanol–water partition coefficient (Wildman–Crippen LogP) is 2.72. The quantitative estimate of drug-likeness (QED) is 0.841. The summed E-state index contributed by atoms with van der Waals surface area (Å²) in [5.41, 5.74) is 0.838. The molecule has 0 radical (unpaired) electrons. The number of rotatable bonds is 7. The Morgan fingerprint density at radius 3 is 2.48 bits per heavy atom. The van der Waals surface area contributed by atoms with Crippen molar-refractivity contribution in [2.75, 3.05) is 6.54 Å². The smallest absolute Gasteiger partial charge is 0.323 e. The molecule has 1 unspecified atom stereocenters. The molecule has 0 aromatic heterocycles. The molecule has 1 aromatic carbocycles. The van der Waals surface area contributed by atoms with Crippen LogP contribution in [0.25, 0.3) is 0 Å². The van der Waals surface area contributed by atoms with E-state index in [0.717, 1.165) is 5.56 Å². The Balaban J connectivity index is 2.61. The fourth-order valence-corrected chi connectivity index (χ4v) is 2.26. The summed E-state index contributed by atoms with van der Waals surface area (Å²) in [7, 11) is 0. The first-order valence-corrected chi connectivity index (χ1v) is 7.05. The van der Waals surface area contributed by atoms with Crippen LogP contribution in [-0.4, -0.2) is 34.5 Å². The minimum Gasteiger partial charge on any atom is -0.480 e. The van der Waals surface area contributed by atoms with Crippen LogP contribution < -0.4 is 0 Å². The summed E-state index contributed by atoms with van der Waals surface area (Å²) in [6.45, 7) is 5.20. The van der Waals surface area contributed by atoms with E-state index in [-0.39, 0.29) is 36.6 Å². The molecule has 0 fully saturated rings. The van der Waals surface area contributed by atoms with Crippen LogP contribution in [0.15, 0.2) is 24.3 Å². The molecular weight excluding hydrogens is 273 g/mol. The normalized spacial score (nSPS) is 12.2. The van der Waals surface area contributed by atoms with Crippen LogP contribution in [0.4, 0.5) is 4.39 Å². The Bertz CT molecular complexity index is 502. The van der Waals surface area contributed by atoms with Gasteiger partial charge in [-0.3, -0.25) is 9.59 Å². The van der Waals surface area contributed by atoms with E-state index >= 15 is 0 Å². The molecular formula is C16H22FNO3. The number of benzene rings is 1. The van der Waals surface area contributed by atoms with E-state index in [2.05, 4.69) is 0 Å². The molecule has 5 heteroatoms. The van der Waals surface area contributed by atoms with E-state index in [0.29, 0.717) is 6.42 Å². The van der Waals surface area contributed by atoms with Crippen molar-refractivity contribution in [1.82, 2.24) is 4.90 Å². The molecule has 0 saturated heterocycles. The summed E-state index contributed by atoms with van der Waals surface area (Å²) >= 11 is 0. The van der Waals surface area contributed by atoms with Crippen LogP contribution in [0, 0.1) is 11.7 Å². The number of hydrogen-bond donors (Lipinski definition) is 1. The van der Waals surface area contributed by atoms with Gasteiger partial charge in [-0.2, -0.15) is 0 Å². The third kappa shape index (κ3) is 5.94. The lowest BCUT2D eigenvalue weighted by molar-refractivity contribution is -0.146. The largest absolute Gasteiger partial charge is 0.480 e. The number of nitrogens with zero attached hydrogens (tertiary/aromatic N) is 1. The van der Waals surface area contributed by atoms with Gasteiger partial charge >= 0.3 is 5.97 Å². The fourth-order valence-electron chi connectivity index (χ4n) is 2.26. The number of aliphatic carboxylic acids is 1. The van der Waals surface area contributed by atoms with Gasteiger partial charge in [0.25, 0.3) is 0 Å². The van der Waals surface area contributed by atoms with Crippen LogP contribution >= 0.6 is 0 Å². The van der Waals surface area contributed by atoms with Crippen LogP contribution in [0.1, 0.15) is 32.8 Å². The van der Waals surface area contributed by atoms with Gasteiger partial charge < -0.3 is 10.0 Å². The Morgan fingerprint density at radius 2 is 1.95 bits per heavy atom. The second-order valence-electron chi connectivity index (χ2n) is 5.65. The molecule has 1 aromatic rings. The molecule has 0 saturated carbocycles. The molecule has 1 amide bonds. The standard InChI is InChI=1S/C16H22FNO3/c1-11(2)18(10-16(20)21)15(19)8-12(3)7-13-5-4-6-14(17)9-13/h4-6,9,11-12H,7-8,10H2,1-3H3,(H,20,21). The molecule has 0 heterocycles. The van der Waals surface area contributed by atoms with Crippen LogP contribution in [0.5, 0.6) is 0 Å². The molecule has 0 aliphatic heterocycles. The molecule has 1 atom stereocenters. The van der Waals surface area contributed by atoms with Crippen molar-refractivity contribution in [3.05, 3.63) is 35.6 Å². The first kappa shape index (κ1) is 17.1. The monoisotopic (exact) mass is 295 g/mol. The lowest BCUT2D eigenvalue weighted by Crippen LogP contribution is -2.41. The molecule has 116 valence electrons. The van der Waals surface area contributed by atoms with Gasteiger partial charge in [-0.05, 0) is 43.9 Å². The van der Waals surface area contributed by atoms with Crippen LogP contribution in [0.2, 0.25) is 0 Å². The summed E-state index contributed by atoms with van der Waals surface area (Å²) in [5.74, 6) is -1.47. The molecule has 1 rings (SSSR count). The molecule has 0 bridgehead atoms. The third-order valence-electron chi connectivity index (χ3n) is 3.25. The number of carbonyl (C=O) groups excluding carboxylic acids is 1. The minimum atomic E-state index is -1.02. The molecule has 0 aliphatic rings. The topological polar surface area (TPSA) is 57.6 Å². The van der Waals surface area contributed by atoms with E-state index in [9.17, 15) is 14.0 Å². The first-order chi connectivity index (χ1) is 9.79. The maximum Gasteiger partial charge on any atom is 0.323 e. The Hall–Kier alpha value is -1.91. The molecule has 0 spiro atoms. The Kier molecular flexibility index (Phi) is 6.34. The summed E-state index contributed by atoms with van der Waals surface area (Å²) in [6, 6.07) is 6.14. The number of amides is 1. The van der Waals surface area contributed by atoms with Gasteiger partial charge in [0.05, 0.1) is 0 Å². The van der Waals surface area contributed by atoms with Crippen molar-refractivity contribution in [2.24, 2.45) is 5.92 Å². The van der Waals surface area contributed by atoms with Gasteiger partial charge in [0.2, 0.25) is 5.91 Å². The van der Waals surface area contributed by atoms with Gasteiger partial charge in [0.1, 0.15) is 12.4 Å². The van der Waals surface area contributed by atoms with E-state index in [4.69, 9.17) is 5.11 Å². The van der Waals surface area contributed by atoms with Crippen molar-refractivity contribution in [3.8, 4) is 0 Å². The summed E-state index contributed by atoms with van der Waals surface area (Å²) in [5, 5.41) is 8.85. The highest BCUT2D eigenvalue weighted by atomic mass is 19.1. The Labute approximate surface area is 124 Å². The van der Waals surface area contributed by atoms with E-state index < -0.39 is 5.97 Å². The SMILES string of the molecule is CC(CC(=O)N(CC(=O)O)C(C)C)Cc1cccc(F)c1. The van der Waals surface area contributed by atoms with Gasteiger partial charge in [0.15, 0.2) is 0 Å². The minimum absolute atomic E-state index is 0.0225. The average Bonchev–Trinajstić information content (AvgIpc) is 2.34. The maximum atomic E-state index is 13.1. The van der Waals surface area contributed by atoms with Gasteiger partial charge in [-0.25, -0.2) is 4.39 Å². The van der Waals surface area contributed by atoms with E-state index in [1.165, 1.54) is 17.0 Å². The number of carbonyl (C=O) groups is 2. The number of hydrogen-bond acceptors (Lipinski definition) is 2. The zero-order valence-electron chi connectivity index (χ0n) is 12.7. The van der Waals surface area contributed by atoms with Crippen molar-refractivity contribution < 1.29 is 19.1 Å². The zero-order valence-corrected chi connectivity index (χ0v) is 12.7. The number of carboxylic acids is 1. The van der Waals surface area contributed by atoms with Gasteiger partial charge in [-0.15, -0.1) is 0 Å². The van der Waals surface area contributed by atoms with E-state index in [1.807, 2.05) is 13.0 Å². The van der Waals surface area contributed by atoms with Crippen LogP contribution in [-0.2, 0) is 16.0 Å². The summed E-state index contributed by atoms with van der Waals surface area (Å²) in [4.78, 5) is 24.3. The molecule has 1 N–H and O–H groups in total. The number of halogens is 1. The predicted molar refractivity (Wildman–Crippen MR) is 78.4 cm³/mol. The molecule has 21 heavy (non-hydrogen) atoms. The van der Waals surface area contributed by atoms with Crippen molar-refractivity contribution in [2.45, 2.75) is 39.7 Å². The highest BCUT2D eigenvalue weighted by Gasteiger charge is 2.21. The molecule has 4 nitrogen and oxygen atoms in total. The average molecular weight is 295 g/mol. The fraction of sp³-hybridized carbons (Fsp3) is 0.500. The third-order valence-corrected chi connectivity index (χ3v) is 3.25. The van der Waals surface area contributed by atoms with Gasteiger partial charge in [0, 0.05) is 12.5 Å². The van der Waals surface area contributed by atoms with Crippen molar-refractivity contribution in [3.63, 3.8) is 0 Å². The second-order valence-corrected chi connectivity index (χ2v) is 5.65. The second kappa shape index (κ2) is 7.76. The first-order valence-electron chi connectivity index (χ1n) is 7.05. The summed E-state index contributed by atoms with van der Waals surface area (Å²) < 4.78 is 13.1. The van der Waals surface area contributed by atoms with Crippen molar-refractivity contribution in [1.29, 1.82) is 0 Å². The lowest BCUT2D eigenvalue weighted by atomic mass is 9.97. The van der Waals surface area contributed by atoms with Gasteiger partial charge in [-0.1, -0.05) is 19.1 Å². The van der Waals surface area contributed by atoms with E-state index in [1.54, 1.807) is 19.9 Å². The lowest BCUT2D eigenvalue weighted by Gasteiger charge is -2.26. The maximum absolute atomic E-state index is 13.1. The highest BCUT2D eigenvalue weighted by molar-refractivity contribution is 5.81.